The third-order valence-electron chi connectivity index (χ3n) is 4.41. The molecule has 0 rings (SSSR count). The summed E-state index contributed by atoms with van der Waals surface area (Å²) in [5.41, 5.74) is 0. The highest BCUT2D eigenvalue weighted by molar-refractivity contribution is 5.72. The first-order valence-electron chi connectivity index (χ1n) is 10.5. The quantitative estimate of drug-likeness (QED) is 0.238. The van der Waals surface area contributed by atoms with E-state index in [2.05, 4.69) is 13.8 Å². The molecular weight excluding hydrogens is 316 g/mol. The maximum Gasteiger partial charge on any atom is 0.306 e. The van der Waals surface area contributed by atoms with Crippen molar-refractivity contribution in [1.29, 1.82) is 0 Å². The van der Waals surface area contributed by atoms with Gasteiger partial charge in [-0.1, -0.05) is 65.7 Å². The van der Waals surface area contributed by atoms with E-state index < -0.39 is 0 Å². The van der Waals surface area contributed by atoms with Crippen molar-refractivity contribution < 1.29 is 19.1 Å². The predicted molar refractivity (Wildman–Crippen MR) is 102 cm³/mol. The second kappa shape index (κ2) is 17.8. The Kier molecular flexibility index (Phi) is 17.0. The summed E-state index contributed by atoms with van der Waals surface area (Å²) in [7, 11) is 0. The molecule has 0 spiro atoms. The van der Waals surface area contributed by atoms with Crippen molar-refractivity contribution in [1.82, 2.24) is 0 Å². The predicted octanol–water partition coefficient (Wildman–Crippen LogP) is 5.96. The van der Waals surface area contributed by atoms with Crippen molar-refractivity contribution in [3.63, 3.8) is 0 Å². The van der Waals surface area contributed by atoms with Gasteiger partial charge in [-0.2, -0.15) is 0 Å². The van der Waals surface area contributed by atoms with Gasteiger partial charge < -0.3 is 9.47 Å². The molecule has 0 saturated carbocycles. The monoisotopic (exact) mass is 356 g/mol. The zero-order valence-corrected chi connectivity index (χ0v) is 16.8. The van der Waals surface area contributed by atoms with E-state index in [1.165, 1.54) is 38.5 Å². The molecule has 0 aliphatic heterocycles. The molecule has 0 radical (unpaired) electrons. The van der Waals surface area contributed by atoms with Gasteiger partial charge >= 0.3 is 11.9 Å². The van der Waals surface area contributed by atoms with E-state index in [1.54, 1.807) is 0 Å². The number of carbonyl (C=O) groups is 2. The highest BCUT2D eigenvalue weighted by Gasteiger charge is 2.13. The lowest BCUT2D eigenvalue weighted by Gasteiger charge is -2.15. The molecule has 4 nitrogen and oxygen atoms in total. The van der Waals surface area contributed by atoms with Gasteiger partial charge in [0.2, 0.25) is 0 Å². The second-order valence-corrected chi connectivity index (χ2v) is 6.86. The van der Waals surface area contributed by atoms with E-state index in [1.807, 2.05) is 6.92 Å². The van der Waals surface area contributed by atoms with E-state index in [0.29, 0.717) is 25.9 Å². The second-order valence-electron chi connectivity index (χ2n) is 6.86. The molecule has 4 heteroatoms. The van der Waals surface area contributed by atoms with Gasteiger partial charge in [0.15, 0.2) is 0 Å². The van der Waals surface area contributed by atoms with Gasteiger partial charge in [-0.25, -0.2) is 0 Å². The Bertz CT molecular complexity index is 328. The fourth-order valence-corrected chi connectivity index (χ4v) is 2.73. The van der Waals surface area contributed by atoms with E-state index in [9.17, 15) is 9.59 Å². The summed E-state index contributed by atoms with van der Waals surface area (Å²) in [6, 6.07) is 0. The van der Waals surface area contributed by atoms with Crippen LogP contribution in [0.5, 0.6) is 0 Å². The zero-order chi connectivity index (χ0) is 18.8. The number of rotatable bonds is 17. The molecule has 0 saturated heterocycles. The summed E-state index contributed by atoms with van der Waals surface area (Å²) in [6.07, 6.45) is 13.5. The van der Waals surface area contributed by atoms with Crippen LogP contribution in [0.4, 0.5) is 0 Å². The molecule has 0 aromatic rings. The molecule has 0 aliphatic carbocycles. The first-order chi connectivity index (χ1) is 12.1. The molecule has 0 aromatic heterocycles. The van der Waals surface area contributed by atoms with E-state index >= 15 is 0 Å². The molecule has 25 heavy (non-hydrogen) atoms. The zero-order valence-electron chi connectivity index (χ0n) is 16.8. The van der Waals surface area contributed by atoms with E-state index in [4.69, 9.17) is 9.47 Å². The Balaban J connectivity index is 3.59. The first kappa shape index (κ1) is 23.9. The van der Waals surface area contributed by atoms with Crippen LogP contribution in [0.25, 0.3) is 0 Å². The normalized spacial score (nSPS) is 12.0. The summed E-state index contributed by atoms with van der Waals surface area (Å²) in [5.74, 6) is -0.386. The Labute approximate surface area is 155 Å². The molecule has 0 aliphatic rings. The number of unbranched alkanes of at least 4 members (excludes halogenated alkanes) is 7. The van der Waals surface area contributed by atoms with Gasteiger partial charge in [0.1, 0.15) is 6.10 Å². The fraction of sp³-hybridized carbons (Fsp3) is 0.905. The molecular formula is C21H40O4. The van der Waals surface area contributed by atoms with Crippen LogP contribution in [0.15, 0.2) is 0 Å². The summed E-state index contributed by atoms with van der Waals surface area (Å²) < 4.78 is 10.7. The summed E-state index contributed by atoms with van der Waals surface area (Å²) in [4.78, 5) is 23.5. The molecule has 1 unspecified atom stereocenters. The average Bonchev–Trinajstić information content (AvgIpc) is 2.60. The van der Waals surface area contributed by atoms with Crippen LogP contribution < -0.4 is 0 Å². The number of esters is 2. The van der Waals surface area contributed by atoms with Gasteiger partial charge in [0.05, 0.1) is 6.61 Å². The number of ether oxygens (including phenoxy) is 2. The van der Waals surface area contributed by atoms with Crippen molar-refractivity contribution in [2.75, 3.05) is 6.61 Å². The van der Waals surface area contributed by atoms with Crippen molar-refractivity contribution >= 4 is 11.9 Å². The topological polar surface area (TPSA) is 52.6 Å². The standard InChI is InChI=1S/C21H40O4/c1-4-7-9-10-11-13-18-24-20(22)16-14-17-21(23)25-19(6-3)15-12-8-5-2/h19H,4-18H2,1-3H3. The fourth-order valence-electron chi connectivity index (χ4n) is 2.73. The molecule has 0 aromatic carbocycles. The van der Waals surface area contributed by atoms with Crippen molar-refractivity contribution in [2.45, 2.75) is 117 Å². The number of hydrogen-bond donors (Lipinski definition) is 0. The summed E-state index contributed by atoms with van der Waals surface area (Å²) in [5, 5.41) is 0. The van der Waals surface area contributed by atoms with Gasteiger partial charge in [0, 0.05) is 12.8 Å². The molecule has 0 heterocycles. The number of carbonyl (C=O) groups excluding carboxylic acids is 2. The maximum absolute atomic E-state index is 11.8. The lowest BCUT2D eigenvalue weighted by atomic mass is 10.1. The minimum Gasteiger partial charge on any atom is -0.466 e. The number of hydrogen-bond acceptors (Lipinski definition) is 4. The summed E-state index contributed by atoms with van der Waals surface area (Å²) in [6.45, 7) is 6.92. The van der Waals surface area contributed by atoms with Gasteiger partial charge in [0.25, 0.3) is 0 Å². The minimum atomic E-state index is -0.198. The van der Waals surface area contributed by atoms with Crippen LogP contribution >= 0.6 is 0 Å². The lowest BCUT2D eigenvalue weighted by molar-refractivity contribution is -0.150. The van der Waals surface area contributed by atoms with Crippen LogP contribution in [-0.4, -0.2) is 24.6 Å². The molecule has 1 atom stereocenters. The molecule has 0 fully saturated rings. The van der Waals surface area contributed by atoms with E-state index in [0.717, 1.165) is 32.1 Å². The highest BCUT2D eigenvalue weighted by atomic mass is 16.5. The smallest absolute Gasteiger partial charge is 0.306 e. The summed E-state index contributed by atoms with van der Waals surface area (Å²) >= 11 is 0. The molecule has 148 valence electrons. The Morgan fingerprint density at radius 3 is 2.00 bits per heavy atom. The van der Waals surface area contributed by atoms with Gasteiger partial charge in [-0.3, -0.25) is 9.59 Å². The van der Waals surface area contributed by atoms with Crippen LogP contribution in [0.2, 0.25) is 0 Å². The van der Waals surface area contributed by atoms with Crippen LogP contribution in [0.3, 0.4) is 0 Å². The largest absolute Gasteiger partial charge is 0.466 e. The Hall–Kier alpha value is -1.06. The SMILES string of the molecule is CCCCCCCCOC(=O)CCCC(=O)OC(CC)CCCCC. The minimum absolute atomic E-state index is 0.0266. The van der Waals surface area contributed by atoms with Gasteiger partial charge in [-0.15, -0.1) is 0 Å². The van der Waals surface area contributed by atoms with Crippen LogP contribution in [-0.2, 0) is 19.1 Å². The third kappa shape index (κ3) is 16.2. The maximum atomic E-state index is 11.8. The van der Waals surface area contributed by atoms with Crippen molar-refractivity contribution in [3.8, 4) is 0 Å². The third-order valence-corrected chi connectivity index (χ3v) is 4.41. The highest BCUT2D eigenvalue weighted by Crippen LogP contribution is 2.12. The molecule has 0 amide bonds. The van der Waals surface area contributed by atoms with Crippen LogP contribution in [0.1, 0.15) is 111 Å². The van der Waals surface area contributed by atoms with Crippen LogP contribution in [0, 0.1) is 0 Å². The van der Waals surface area contributed by atoms with E-state index in [-0.39, 0.29) is 18.0 Å². The lowest BCUT2D eigenvalue weighted by Crippen LogP contribution is -2.17. The van der Waals surface area contributed by atoms with Gasteiger partial charge in [-0.05, 0) is 32.1 Å². The average molecular weight is 357 g/mol. The first-order valence-corrected chi connectivity index (χ1v) is 10.5. The Morgan fingerprint density at radius 1 is 0.720 bits per heavy atom. The van der Waals surface area contributed by atoms with Crippen molar-refractivity contribution in [2.24, 2.45) is 0 Å². The molecule has 0 N–H and O–H groups in total. The van der Waals surface area contributed by atoms with Crippen molar-refractivity contribution in [3.05, 3.63) is 0 Å². The Morgan fingerprint density at radius 2 is 1.32 bits per heavy atom. The molecule has 0 bridgehead atoms.